The Bertz CT molecular complexity index is 408. The average molecular weight is 246 g/mol. The van der Waals surface area contributed by atoms with Crippen LogP contribution in [0.2, 0.25) is 0 Å². The molecule has 1 amide bonds. The Morgan fingerprint density at radius 3 is 2.44 bits per heavy atom. The van der Waals surface area contributed by atoms with E-state index in [0.717, 1.165) is 19.5 Å². The van der Waals surface area contributed by atoms with Crippen LogP contribution in [-0.2, 0) is 11.3 Å². The van der Waals surface area contributed by atoms with E-state index in [1.54, 1.807) is 0 Å². The molecule has 1 aliphatic rings. The molecule has 1 unspecified atom stereocenters. The third-order valence-electron chi connectivity index (χ3n) is 3.45. The maximum atomic E-state index is 11.9. The molecule has 18 heavy (non-hydrogen) atoms. The summed E-state index contributed by atoms with van der Waals surface area (Å²) in [5.41, 5.74) is 1.24. The largest absolute Gasteiger partial charge is 0.355 e. The van der Waals surface area contributed by atoms with Crippen molar-refractivity contribution in [1.29, 1.82) is 0 Å². The molecule has 0 saturated carbocycles. The van der Waals surface area contributed by atoms with Crippen molar-refractivity contribution >= 4 is 5.91 Å². The van der Waals surface area contributed by atoms with Crippen molar-refractivity contribution < 1.29 is 4.79 Å². The van der Waals surface area contributed by atoms with Gasteiger partial charge >= 0.3 is 0 Å². The minimum absolute atomic E-state index is 0.00482. The minimum Gasteiger partial charge on any atom is -0.355 e. The first-order chi connectivity index (χ1) is 8.48. The van der Waals surface area contributed by atoms with Crippen LogP contribution in [0.5, 0.6) is 0 Å². The van der Waals surface area contributed by atoms with Crippen LogP contribution in [0, 0.1) is 0 Å². The van der Waals surface area contributed by atoms with Crippen LogP contribution < -0.4 is 5.32 Å². The van der Waals surface area contributed by atoms with Gasteiger partial charge in [-0.05, 0) is 32.8 Å². The molecule has 0 aromatic heterocycles. The normalized spacial score (nSPS) is 20.2. The number of benzene rings is 1. The zero-order valence-electron chi connectivity index (χ0n) is 11.4. The molecule has 0 bridgehead atoms. The Labute approximate surface area is 109 Å². The molecule has 0 radical (unpaired) electrons. The lowest BCUT2D eigenvalue weighted by molar-refractivity contribution is -0.125. The van der Waals surface area contributed by atoms with E-state index in [9.17, 15) is 4.79 Å². The highest BCUT2D eigenvalue weighted by Gasteiger charge is 2.36. The maximum Gasteiger partial charge on any atom is 0.237 e. The Morgan fingerprint density at radius 1 is 1.28 bits per heavy atom. The topological polar surface area (TPSA) is 32.3 Å². The number of hydrogen-bond donors (Lipinski definition) is 1. The van der Waals surface area contributed by atoms with Crippen molar-refractivity contribution in [1.82, 2.24) is 10.2 Å². The molecule has 2 rings (SSSR count). The first-order valence-corrected chi connectivity index (χ1v) is 6.57. The second-order valence-electron chi connectivity index (χ2n) is 5.88. The van der Waals surface area contributed by atoms with Crippen molar-refractivity contribution in [2.45, 2.75) is 45.3 Å². The summed E-state index contributed by atoms with van der Waals surface area (Å²) >= 11 is 0. The smallest absolute Gasteiger partial charge is 0.237 e. The summed E-state index contributed by atoms with van der Waals surface area (Å²) in [6.07, 6.45) is 0.906. The molecule has 3 nitrogen and oxygen atoms in total. The molecule has 0 spiro atoms. The SMILES string of the molecule is CC(C)(C)N(Cc1ccccc1)C1CCNC1=O. The number of amides is 1. The lowest BCUT2D eigenvalue weighted by Crippen LogP contribution is -2.50. The van der Waals surface area contributed by atoms with Crippen LogP contribution >= 0.6 is 0 Å². The van der Waals surface area contributed by atoms with Gasteiger partial charge in [-0.2, -0.15) is 0 Å². The van der Waals surface area contributed by atoms with Gasteiger partial charge in [-0.1, -0.05) is 30.3 Å². The van der Waals surface area contributed by atoms with Crippen molar-refractivity contribution in [3.8, 4) is 0 Å². The van der Waals surface area contributed by atoms with E-state index >= 15 is 0 Å². The van der Waals surface area contributed by atoms with Crippen LogP contribution in [0.15, 0.2) is 30.3 Å². The van der Waals surface area contributed by atoms with Crippen LogP contribution in [0.3, 0.4) is 0 Å². The molecule has 1 aliphatic heterocycles. The summed E-state index contributed by atoms with van der Waals surface area (Å²) < 4.78 is 0. The van der Waals surface area contributed by atoms with Gasteiger partial charge in [-0.25, -0.2) is 0 Å². The molecule has 1 N–H and O–H groups in total. The number of rotatable bonds is 3. The molecular weight excluding hydrogens is 224 g/mol. The quantitative estimate of drug-likeness (QED) is 0.886. The zero-order chi connectivity index (χ0) is 13.2. The number of carbonyl (C=O) groups is 1. The minimum atomic E-state index is -0.0117. The van der Waals surface area contributed by atoms with Crippen molar-refractivity contribution in [3.63, 3.8) is 0 Å². The summed E-state index contributed by atoms with van der Waals surface area (Å²) in [5.74, 6) is 0.167. The van der Waals surface area contributed by atoms with E-state index in [4.69, 9.17) is 0 Å². The van der Waals surface area contributed by atoms with Gasteiger partial charge in [0.25, 0.3) is 0 Å². The molecular formula is C15H22N2O. The van der Waals surface area contributed by atoms with E-state index < -0.39 is 0 Å². The monoisotopic (exact) mass is 246 g/mol. The van der Waals surface area contributed by atoms with E-state index in [1.807, 2.05) is 18.2 Å². The number of nitrogens with one attached hydrogen (secondary N) is 1. The van der Waals surface area contributed by atoms with E-state index in [-0.39, 0.29) is 17.5 Å². The summed E-state index contributed by atoms with van der Waals surface area (Å²) in [7, 11) is 0. The Morgan fingerprint density at radius 2 is 1.94 bits per heavy atom. The molecule has 1 fully saturated rings. The van der Waals surface area contributed by atoms with Crippen LogP contribution in [0.4, 0.5) is 0 Å². The fourth-order valence-electron chi connectivity index (χ4n) is 2.47. The predicted molar refractivity (Wildman–Crippen MR) is 73.2 cm³/mol. The van der Waals surface area contributed by atoms with E-state index in [2.05, 4.69) is 43.1 Å². The molecule has 1 saturated heterocycles. The van der Waals surface area contributed by atoms with Crippen molar-refractivity contribution in [2.75, 3.05) is 6.54 Å². The van der Waals surface area contributed by atoms with Gasteiger partial charge in [0.15, 0.2) is 0 Å². The van der Waals surface area contributed by atoms with Crippen LogP contribution in [0.25, 0.3) is 0 Å². The summed E-state index contributed by atoms with van der Waals surface area (Å²) in [5, 5.41) is 2.93. The van der Waals surface area contributed by atoms with E-state index in [0.29, 0.717) is 0 Å². The molecule has 1 aromatic carbocycles. The molecule has 0 aliphatic carbocycles. The molecule has 1 atom stereocenters. The summed E-state index contributed by atoms with van der Waals surface area (Å²) in [6.45, 7) is 8.12. The number of carbonyl (C=O) groups excluding carboxylic acids is 1. The van der Waals surface area contributed by atoms with Gasteiger partial charge in [0.1, 0.15) is 0 Å². The van der Waals surface area contributed by atoms with Crippen molar-refractivity contribution in [3.05, 3.63) is 35.9 Å². The molecule has 1 aromatic rings. The Kier molecular flexibility index (Phi) is 3.71. The Hall–Kier alpha value is -1.35. The van der Waals surface area contributed by atoms with E-state index in [1.165, 1.54) is 5.56 Å². The lowest BCUT2D eigenvalue weighted by atomic mass is 10.00. The molecule has 1 heterocycles. The van der Waals surface area contributed by atoms with Gasteiger partial charge < -0.3 is 5.32 Å². The van der Waals surface area contributed by atoms with Crippen LogP contribution in [0.1, 0.15) is 32.8 Å². The summed E-state index contributed by atoms with van der Waals surface area (Å²) in [6, 6.07) is 10.4. The highest BCUT2D eigenvalue weighted by Crippen LogP contribution is 2.24. The average Bonchev–Trinajstić information content (AvgIpc) is 2.72. The number of hydrogen-bond acceptors (Lipinski definition) is 2. The van der Waals surface area contributed by atoms with Gasteiger partial charge in [0.2, 0.25) is 5.91 Å². The Balaban J connectivity index is 2.18. The van der Waals surface area contributed by atoms with Gasteiger partial charge in [-0.15, -0.1) is 0 Å². The standard InChI is InChI=1S/C15H22N2O/c1-15(2,3)17(13-9-10-16-14(13)18)11-12-7-5-4-6-8-12/h4-8,13H,9-11H2,1-3H3,(H,16,18). The first kappa shape index (κ1) is 13.1. The summed E-state index contributed by atoms with van der Waals surface area (Å²) in [4.78, 5) is 14.2. The molecule has 98 valence electrons. The fourth-order valence-corrected chi connectivity index (χ4v) is 2.47. The van der Waals surface area contributed by atoms with Gasteiger partial charge in [-0.3, -0.25) is 9.69 Å². The zero-order valence-corrected chi connectivity index (χ0v) is 11.4. The van der Waals surface area contributed by atoms with Gasteiger partial charge in [0, 0.05) is 18.6 Å². The third-order valence-corrected chi connectivity index (χ3v) is 3.45. The van der Waals surface area contributed by atoms with Gasteiger partial charge in [0.05, 0.1) is 6.04 Å². The highest BCUT2D eigenvalue weighted by atomic mass is 16.2. The second-order valence-corrected chi connectivity index (χ2v) is 5.88. The lowest BCUT2D eigenvalue weighted by Gasteiger charge is -2.39. The van der Waals surface area contributed by atoms with Crippen molar-refractivity contribution in [2.24, 2.45) is 0 Å². The van der Waals surface area contributed by atoms with Crippen LogP contribution in [-0.4, -0.2) is 28.9 Å². The highest BCUT2D eigenvalue weighted by molar-refractivity contribution is 5.83. The second kappa shape index (κ2) is 5.11. The fraction of sp³-hybridized carbons (Fsp3) is 0.533. The third kappa shape index (κ3) is 2.91. The number of nitrogens with zero attached hydrogens (tertiary/aromatic N) is 1. The predicted octanol–water partition coefficient (Wildman–Crippen LogP) is 2.18. The first-order valence-electron chi connectivity index (χ1n) is 6.57. The maximum absolute atomic E-state index is 11.9. The molecule has 3 heteroatoms.